The SMILES string of the molecule is Cc1cccc2nc(-c3cc(-c4cccnc4)cnc3N)[nH]c12. The van der Waals surface area contributed by atoms with Gasteiger partial charge in [0.1, 0.15) is 11.6 Å². The summed E-state index contributed by atoms with van der Waals surface area (Å²) in [4.78, 5) is 16.5. The van der Waals surface area contributed by atoms with Crippen molar-refractivity contribution >= 4 is 16.9 Å². The number of nitrogens with zero attached hydrogens (tertiary/aromatic N) is 3. The van der Waals surface area contributed by atoms with Gasteiger partial charge in [0.15, 0.2) is 0 Å². The third kappa shape index (κ3) is 2.32. The van der Waals surface area contributed by atoms with Gasteiger partial charge in [0.2, 0.25) is 0 Å². The van der Waals surface area contributed by atoms with E-state index in [4.69, 9.17) is 5.73 Å². The number of benzene rings is 1. The molecule has 112 valence electrons. The van der Waals surface area contributed by atoms with Crippen LogP contribution < -0.4 is 5.73 Å². The minimum atomic E-state index is 0.453. The maximum atomic E-state index is 6.07. The zero-order valence-corrected chi connectivity index (χ0v) is 12.6. The molecule has 0 aliphatic rings. The highest BCUT2D eigenvalue weighted by atomic mass is 14.9. The zero-order chi connectivity index (χ0) is 15.8. The van der Waals surface area contributed by atoms with Crippen LogP contribution in [0.3, 0.4) is 0 Å². The summed E-state index contributed by atoms with van der Waals surface area (Å²) in [6.07, 6.45) is 5.31. The number of H-pyrrole nitrogens is 1. The number of nitrogens with one attached hydrogen (secondary N) is 1. The molecule has 0 bridgehead atoms. The highest BCUT2D eigenvalue weighted by molar-refractivity contribution is 5.85. The molecule has 0 amide bonds. The third-order valence-electron chi connectivity index (χ3n) is 3.89. The monoisotopic (exact) mass is 301 g/mol. The van der Waals surface area contributed by atoms with Gasteiger partial charge in [0, 0.05) is 29.7 Å². The first-order valence-corrected chi connectivity index (χ1v) is 7.34. The number of nitrogens with two attached hydrogens (primary N) is 1. The van der Waals surface area contributed by atoms with E-state index in [1.54, 1.807) is 18.6 Å². The first-order valence-electron chi connectivity index (χ1n) is 7.34. The molecule has 0 aliphatic carbocycles. The first kappa shape index (κ1) is 13.5. The van der Waals surface area contributed by atoms with Crippen LogP contribution in [0.15, 0.2) is 55.0 Å². The van der Waals surface area contributed by atoms with E-state index in [0.29, 0.717) is 5.82 Å². The van der Waals surface area contributed by atoms with Gasteiger partial charge >= 0.3 is 0 Å². The topological polar surface area (TPSA) is 80.5 Å². The second-order valence-corrected chi connectivity index (χ2v) is 5.45. The van der Waals surface area contributed by atoms with E-state index in [9.17, 15) is 0 Å². The number of aryl methyl sites for hydroxylation is 1. The lowest BCUT2D eigenvalue weighted by Crippen LogP contribution is -1.96. The van der Waals surface area contributed by atoms with Crippen LogP contribution in [0.2, 0.25) is 0 Å². The molecule has 0 aliphatic heterocycles. The molecule has 3 heterocycles. The van der Waals surface area contributed by atoms with E-state index in [-0.39, 0.29) is 0 Å². The van der Waals surface area contributed by atoms with Crippen molar-refractivity contribution in [2.24, 2.45) is 0 Å². The van der Waals surface area contributed by atoms with Crippen molar-refractivity contribution in [3.05, 3.63) is 60.6 Å². The van der Waals surface area contributed by atoms with Crippen LogP contribution in [0.5, 0.6) is 0 Å². The van der Waals surface area contributed by atoms with E-state index >= 15 is 0 Å². The van der Waals surface area contributed by atoms with Gasteiger partial charge in [0.25, 0.3) is 0 Å². The predicted molar refractivity (Wildman–Crippen MR) is 91.7 cm³/mol. The molecular weight excluding hydrogens is 286 g/mol. The molecule has 0 saturated carbocycles. The lowest BCUT2D eigenvalue weighted by atomic mass is 10.1. The molecule has 0 spiro atoms. The van der Waals surface area contributed by atoms with E-state index in [2.05, 4.69) is 32.9 Å². The third-order valence-corrected chi connectivity index (χ3v) is 3.89. The molecule has 23 heavy (non-hydrogen) atoms. The van der Waals surface area contributed by atoms with Crippen molar-refractivity contribution in [3.8, 4) is 22.5 Å². The van der Waals surface area contributed by atoms with Crippen molar-refractivity contribution in [3.63, 3.8) is 0 Å². The summed E-state index contributed by atoms with van der Waals surface area (Å²) in [6.45, 7) is 2.05. The minimum absolute atomic E-state index is 0.453. The fraction of sp³-hybridized carbons (Fsp3) is 0.0556. The largest absolute Gasteiger partial charge is 0.383 e. The Kier molecular flexibility index (Phi) is 3.05. The Morgan fingerprint density at radius 3 is 2.74 bits per heavy atom. The summed E-state index contributed by atoms with van der Waals surface area (Å²) < 4.78 is 0. The lowest BCUT2D eigenvalue weighted by Gasteiger charge is -2.05. The maximum absolute atomic E-state index is 6.07. The summed E-state index contributed by atoms with van der Waals surface area (Å²) in [5.74, 6) is 1.18. The molecule has 0 radical (unpaired) electrons. The average Bonchev–Trinajstić information content (AvgIpc) is 3.01. The summed E-state index contributed by atoms with van der Waals surface area (Å²) in [7, 11) is 0. The van der Waals surface area contributed by atoms with Gasteiger partial charge < -0.3 is 10.7 Å². The van der Waals surface area contributed by atoms with E-state index in [1.165, 1.54) is 0 Å². The summed E-state index contributed by atoms with van der Waals surface area (Å²) >= 11 is 0. The highest BCUT2D eigenvalue weighted by Gasteiger charge is 2.12. The van der Waals surface area contributed by atoms with Crippen molar-refractivity contribution < 1.29 is 0 Å². The van der Waals surface area contributed by atoms with Crippen LogP contribution in [0.4, 0.5) is 5.82 Å². The smallest absolute Gasteiger partial charge is 0.142 e. The van der Waals surface area contributed by atoms with Gasteiger partial charge in [-0.25, -0.2) is 9.97 Å². The zero-order valence-electron chi connectivity index (χ0n) is 12.6. The number of hydrogen-bond acceptors (Lipinski definition) is 4. The Morgan fingerprint density at radius 1 is 1.04 bits per heavy atom. The normalized spacial score (nSPS) is 11.0. The number of aromatic nitrogens is 4. The standard InChI is InChI=1S/C18H15N5/c1-11-4-2-6-15-16(11)23-18(22-15)14-8-13(10-21-17(14)19)12-5-3-7-20-9-12/h2-10H,1H3,(H2,19,21)(H,22,23). The van der Waals surface area contributed by atoms with Gasteiger partial charge in [0.05, 0.1) is 16.6 Å². The summed E-state index contributed by atoms with van der Waals surface area (Å²) in [6, 6.07) is 11.9. The summed E-state index contributed by atoms with van der Waals surface area (Å²) in [5, 5.41) is 0. The van der Waals surface area contributed by atoms with Gasteiger partial charge in [-0.05, 0) is 30.7 Å². The number of anilines is 1. The number of nitrogen functional groups attached to an aromatic ring is 1. The van der Waals surface area contributed by atoms with Crippen LogP contribution in [-0.2, 0) is 0 Å². The molecule has 4 rings (SSSR count). The van der Waals surface area contributed by atoms with Crippen LogP contribution in [0.25, 0.3) is 33.5 Å². The molecule has 0 saturated heterocycles. The van der Waals surface area contributed by atoms with E-state index in [0.717, 1.165) is 39.1 Å². The molecule has 0 atom stereocenters. The number of hydrogen-bond donors (Lipinski definition) is 2. The number of pyridine rings is 2. The Bertz CT molecular complexity index is 989. The van der Waals surface area contributed by atoms with Crippen LogP contribution in [0.1, 0.15) is 5.56 Å². The van der Waals surface area contributed by atoms with Gasteiger partial charge in [-0.3, -0.25) is 4.98 Å². The molecule has 1 aromatic carbocycles. The molecular formula is C18H15N5. The number of fused-ring (bicyclic) bond motifs is 1. The van der Waals surface area contributed by atoms with Crippen molar-refractivity contribution in [2.45, 2.75) is 6.92 Å². The molecule has 0 unspecified atom stereocenters. The Hall–Kier alpha value is -3.21. The van der Waals surface area contributed by atoms with Crippen LogP contribution in [0, 0.1) is 6.92 Å². The van der Waals surface area contributed by atoms with Crippen molar-refractivity contribution in [2.75, 3.05) is 5.73 Å². The minimum Gasteiger partial charge on any atom is -0.383 e. The van der Waals surface area contributed by atoms with E-state index < -0.39 is 0 Å². The van der Waals surface area contributed by atoms with Crippen molar-refractivity contribution in [1.82, 2.24) is 19.9 Å². The molecule has 5 nitrogen and oxygen atoms in total. The van der Waals surface area contributed by atoms with Gasteiger partial charge in [-0.15, -0.1) is 0 Å². The van der Waals surface area contributed by atoms with Crippen molar-refractivity contribution in [1.29, 1.82) is 0 Å². The average molecular weight is 301 g/mol. The number of aromatic amines is 1. The van der Waals surface area contributed by atoms with Crippen LogP contribution >= 0.6 is 0 Å². The van der Waals surface area contributed by atoms with Gasteiger partial charge in [-0.2, -0.15) is 0 Å². The Morgan fingerprint density at radius 2 is 1.96 bits per heavy atom. The Balaban J connectivity index is 1.88. The maximum Gasteiger partial charge on any atom is 0.142 e. The second-order valence-electron chi connectivity index (χ2n) is 5.45. The lowest BCUT2D eigenvalue weighted by molar-refractivity contribution is 1.27. The first-order chi connectivity index (χ1) is 11.2. The van der Waals surface area contributed by atoms with Crippen LogP contribution in [-0.4, -0.2) is 19.9 Å². The van der Waals surface area contributed by atoms with E-state index in [1.807, 2.05) is 30.3 Å². The molecule has 0 fully saturated rings. The molecule has 4 aromatic rings. The van der Waals surface area contributed by atoms with Gasteiger partial charge in [-0.1, -0.05) is 18.2 Å². The molecule has 5 heteroatoms. The fourth-order valence-corrected chi connectivity index (χ4v) is 2.66. The molecule has 3 aromatic heterocycles. The number of para-hydroxylation sites is 1. The molecule has 3 N–H and O–H groups in total. The fourth-order valence-electron chi connectivity index (χ4n) is 2.66. The Labute approximate surface area is 133 Å². The number of imidazole rings is 1. The number of rotatable bonds is 2. The summed E-state index contributed by atoms with van der Waals surface area (Å²) in [5.41, 5.74) is 11.9. The predicted octanol–water partition coefficient (Wildman–Crippen LogP) is 3.58. The highest BCUT2D eigenvalue weighted by Crippen LogP contribution is 2.29. The quantitative estimate of drug-likeness (QED) is 0.593. The second kappa shape index (κ2) is 5.21.